The zero-order chi connectivity index (χ0) is 15.3. The largest absolute Gasteiger partial charge is 0.378 e. The molecule has 0 unspecified atom stereocenters. The minimum atomic E-state index is -0.720. The number of likely N-dealkylation sites (tertiary alicyclic amines) is 1. The molecule has 0 radical (unpaired) electrons. The Morgan fingerprint density at radius 2 is 2.05 bits per heavy atom. The lowest BCUT2D eigenvalue weighted by Gasteiger charge is -2.36. The summed E-state index contributed by atoms with van der Waals surface area (Å²) in [6.07, 6.45) is 3.14. The van der Waals surface area contributed by atoms with Gasteiger partial charge in [0.05, 0.1) is 19.8 Å². The normalized spacial score (nSPS) is 21.9. The molecule has 118 valence electrons. The van der Waals surface area contributed by atoms with Crippen molar-refractivity contribution in [3.8, 4) is 0 Å². The molecule has 2 rings (SSSR count). The van der Waals surface area contributed by atoms with E-state index in [4.69, 9.17) is 10.5 Å². The Bertz CT molecular complexity index is 405. The van der Waals surface area contributed by atoms with E-state index in [0.717, 1.165) is 19.6 Å². The number of rotatable bonds is 7. The predicted octanol–water partition coefficient (Wildman–Crippen LogP) is -0.466. The molecule has 0 aliphatic carbocycles. The summed E-state index contributed by atoms with van der Waals surface area (Å²) < 4.78 is 5.25. The monoisotopic (exact) mass is 296 g/mol. The molecule has 0 aromatic carbocycles. The van der Waals surface area contributed by atoms with Gasteiger partial charge in [-0.1, -0.05) is 6.08 Å². The van der Waals surface area contributed by atoms with Crippen LogP contribution in [0.3, 0.4) is 0 Å². The lowest BCUT2D eigenvalue weighted by Crippen LogP contribution is -2.55. The van der Waals surface area contributed by atoms with Crippen molar-refractivity contribution in [3.05, 3.63) is 12.7 Å². The Morgan fingerprint density at radius 3 is 2.67 bits per heavy atom. The Hall–Kier alpha value is -1.44. The first kappa shape index (κ1) is 15.9. The Morgan fingerprint density at radius 1 is 1.33 bits per heavy atom. The van der Waals surface area contributed by atoms with E-state index in [1.807, 2.05) is 6.08 Å². The molecule has 0 aromatic heterocycles. The van der Waals surface area contributed by atoms with Crippen LogP contribution in [0.4, 0.5) is 4.79 Å². The van der Waals surface area contributed by atoms with Gasteiger partial charge in [0.2, 0.25) is 0 Å². The minimum absolute atomic E-state index is 0.123. The van der Waals surface area contributed by atoms with E-state index >= 15 is 0 Å². The third kappa shape index (κ3) is 3.42. The zero-order valence-corrected chi connectivity index (χ0v) is 12.3. The van der Waals surface area contributed by atoms with Gasteiger partial charge in [0.25, 0.3) is 5.91 Å². The van der Waals surface area contributed by atoms with Crippen LogP contribution in [0, 0.1) is 0 Å². The first-order valence-electron chi connectivity index (χ1n) is 7.38. The molecule has 3 N–H and O–H groups in total. The van der Waals surface area contributed by atoms with E-state index in [-0.39, 0.29) is 18.5 Å². The molecule has 7 heteroatoms. The number of piperidine rings is 1. The van der Waals surface area contributed by atoms with Crippen LogP contribution in [-0.4, -0.2) is 73.2 Å². The van der Waals surface area contributed by atoms with E-state index in [2.05, 4.69) is 16.8 Å². The van der Waals surface area contributed by atoms with Crippen LogP contribution < -0.4 is 11.1 Å². The van der Waals surface area contributed by atoms with Gasteiger partial charge in [-0.2, -0.15) is 0 Å². The van der Waals surface area contributed by atoms with E-state index in [9.17, 15) is 9.59 Å². The van der Waals surface area contributed by atoms with Crippen molar-refractivity contribution in [1.29, 1.82) is 0 Å². The number of carbonyl (C=O) groups is 2. The van der Waals surface area contributed by atoms with Gasteiger partial charge in [0.1, 0.15) is 5.54 Å². The molecule has 1 spiro atoms. The Labute approximate surface area is 125 Å². The molecule has 0 bridgehead atoms. The maximum atomic E-state index is 12.5. The third-order valence-electron chi connectivity index (χ3n) is 4.06. The molecule has 2 aliphatic heterocycles. The summed E-state index contributed by atoms with van der Waals surface area (Å²) in [7, 11) is 0. The van der Waals surface area contributed by atoms with E-state index in [0.29, 0.717) is 32.6 Å². The predicted molar refractivity (Wildman–Crippen MR) is 78.7 cm³/mol. The molecule has 0 atom stereocenters. The highest BCUT2D eigenvalue weighted by Crippen LogP contribution is 2.29. The van der Waals surface area contributed by atoms with Crippen LogP contribution >= 0.6 is 0 Å². The maximum Gasteiger partial charge on any atom is 0.325 e. The average molecular weight is 296 g/mol. The van der Waals surface area contributed by atoms with Crippen molar-refractivity contribution in [2.24, 2.45) is 5.73 Å². The fourth-order valence-corrected chi connectivity index (χ4v) is 2.86. The molecule has 2 saturated heterocycles. The molecular formula is C14H24N4O3. The van der Waals surface area contributed by atoms with Crippen molar-refractivity contribution in [1.82, 2.24) is 15.1 Å². The van der Waals surface area contributed by atoms with E-state index < -0.39 is 5.54 Å². The lowest BCUT2D eigenvalue weighted by molar-refractivity contribution is -0.133. The van der Waals surface area contributed by atoms with Crippen LogP contribution in [0.5, 0.6) is 0 Å². The average Bonchev–Trinajstić information content (AvgIpc) is 2.70. The van der Waals surface area contributed by atoms with Gasteiger partial charge >= 0.3 is 6.03 Å². The Kier molecular flexibility index (Phi) is 5.33. The van der Waals surface area contributed by atoms with Crippen molar-refractivity contribution >= 4 is 11.9 Å². The SMILES string of the molecule is C=CCN1CCC2(CC1)NC(=O)N(CCOCCN)C2=O. The lowest BCUT2D eigenvalue weighted by atomic mass is 9.87. The number of nitrogens with one attached hydrogen (secondary N) is 1. The molecule has 0 aromatic rings. The summed E-state index contributed by atoms with van der Waals surface area (Å²) in [5.74, 6) is -0.123. The first-order chi connectivity index (χ1) is 10.1. The van der Waals surface area contributed by atoms with Gasteiger partial charge in [0, 0.05) is 26.2 Å². The van der Waals surface area contributed by atoms with Crippen molar-refractivity contribution < 1.29 is 14.3 Å². The second-order valence-corrected chi connectivity index (χ2v) is 5.46. The molecular weight excluding hydrogens is 272 g/mol. The summed E-state index contributed by atoms with van der Waals surface area (Å²) in [5, 5.41) is 2.88. The molecule has 2 heterocycles. The number of carbonyl (C=O) groups excluding carboxylic acids is 2. The molecule has 0 saturated carbocycles. The number of imide groups is 1. The van der Waals surface area contributed by atoms with Crippen LogP contribution in [0.2, 0.25) is 0 Å². The molecule has 7 nitrogen and oxygen atoms in total. The quantitative estimate of drug-likeness (QED) is 0.377. The van der Waals surface area contributed by atoms with Crippen LogP contribution in [0.1, 0.15) is 12.8 Å². The number of ether oxygens (including phenoxy) is 1. The molecule has 3 amide bonds. The summed E-state index contributed by atoms with van der Waals surface area (Å²) in [5.41, 5.74) is 4.61. The van der Waals surface area contributed by atoms with Crippen molar-refractivity contribution in [3.63, 3.8) is 0 Å². The highest BCUT2D eigenvalue weighted by Gasteiger charge is 2.51. The molecule has 21 heavy (non-hydrogen) atoms. The van der Waals surface area contributed by atoms with Gasteiger partial charge in [-0.05, 0) is 12.8 Å². The zero-order valence-electron chi connectivity index (χ0n) is 12.3. The minimum Gasteiger partial charge on any atom is -0.378 e. The summed E-state index contributed by atoms with van der Waals surface area (Å²) in [4.78, 5) is 28.0. The summed E-state index contributed by atoms with van der Waals surface area (Å²) in [6.45, 7) is 7.59. The van der Waals surface area contributed by atoms with Gasteiger partial charge in [-0.25, -0.2) is 4.79 Å². The van der Waals surface area contributed by atoms with Gasteiger partial charge < -0.3 is 15.8 Å². The number of amides is 3. The highest BCUT2D eigenvalue weighted by atomic mass is 16.5. The topological polar surface area (TPSA) is 87.9 Å². The fourth-order valence-electron chi connectivity index (χ4n) is 2.86. The maximum absolute atomic E-state index is 12.5. The van der Waals surface area contributed by atoms with Gasteiger partial charge in [-0.15, -0.1) is 6.58 Å². The number of hydrogen-bond donors (Lipinski definition) is 2. The van der Waals surface area contributed by atoms with Crippen LogP contribution in [0.25, 0.3) is 0 Å². The third-order valence-corrected chi connectivity index (χ3v) is 4.06. The molecule has 2 fully saturated rings. The second-order valence-electron chi connectivity index (χ2n) is 5.46. The van der Waals surface area contributed by atoms with Crippen LogP contribution in [0.15, 0.2) is 12.7 Å². The first-order valence-corrected chi connectivity index (χ1v) is 7.38. The fraction of sp³-hybridized carbons (Fsp3) is 0.714. The number of urea groups is 1. The molecule has 2 aliphatic rings. The summed E-state index contributed by atoms with van der Waals surface area (Å²) in [6, 6.07) is -0.312. The van der Waals surface area contributed by atoms with Crippen LogP contribution in [-0.2, 0) is 9.53 Å². The van der Waals surface area contributed by atoms with Gasteiger partial charge in [0.15, 0.2) is 0 Å². The highest BCUT2D eigenvalue weighted by molar-refractivity contribution is 6.07. The standard InChI is InChI=1S/C14H24N4O3/c1-2-6-17-7-3-14(4-8-17)12(19)18(13(20)16-14)9-11-21-10-5-15/h2H,1,3-11,15H2,(H,16,20). The van der Waals surface area contributed by atoms with Crippen molar-refractivity contribution in [2.45, 2.75) is 18.4 Å². The second kappa shape index (κ2) is 7.02. The van der Waals surface area contributed by atoms with Crippen molar-refractivity contribution in [2.75, 3.05) is 45.9 Å². The van der Waals surface area contributed by atoms with E-state index in [1.54, 1.807) is 0 Å². The Balaban J connectivity index is 1.90. The number of hydrogen-bond acceptors (Lipinski definition) is 5. The number of nitrogens with two attached hydrogens (primary N) is 1. The smallest absolute Gasteiger partial charge is 0.325 e. The number of nitrogens with zero attached hydrogens (tertiary/aromatic N) is 2. The van der Waals surface area contributed by atoms with Gasteiger partial charge in [-0.3, -0.25) is 14.6 Å². The van der Waals surface area contributed by atoms with E-state index in [1.165, 1.54) is 4.90 Å². The summed E-state index contributed by atoms with van der Waals surface area (Å²) >= 11 is 0.